The number of hydrogen-bond acceptors (Lipinski definition) is 9. The molecule has 30 heavy (non-hydrogen) atoms. The molecule has 0 aliphatic heterocycles. The third-order valence-electron chi connectivity index (χ3n) is 3.92. The Balaban J connectivity index is 1.66. The van der Waals surface area contributed by atoms with Gasteiger partial charge in [0.1, 0.15) is 21.2 Å². The Bertz CT molecular complexity index is 1300. The number of anilines is 1. The zero-order chi connectivity index (χ0) is 21.5. The average Bonchev–Trinajstić information content (AvgIpc) is 3.43. The van der Waals surface area contributed by atoms with Crippen molar-refractivity contribution in [1.29, 1.82) is 0 Å². The lowest BCUT2D eigenvalue weighted by molar-refractivity contribution is 0.116. The van der Waals surface area contributed by atoms with Crippen LogP contribution in [-0.4, -0.2) is 34.3 Å². The van der Waals surface area contributed by atoms with E-state index in [0.29, 0.717) is 5.01 Å². The number of fused-ring (bicyclic) bond motifs is 1. The largest absolute Gasteiger partial charge is 0.423 e. The standard InChI is InChI=1S/C16H12F3N5O4S2/c1-2-30(25,26)24(16-21-9-5-8(17)3-4-10(9)27-16)7-12-20-6-11(29-12)14-22-23-15(28-14)13(18)19/h3-6,13H,2,7H2,1H3. The third-order valence-corrected chi connectivity index (χ3v) is 6.58. The molecule has 0 bridgehead atoms. The van der Waals surface area contributed by atoms with Crippen molar-refractivity contribution in [2.24, 2.45) is 0 Å². The Morgan fingerprint density at radius 1 is 1.23 bits per heavy atom. The number of hydrogen-bond donors (Lipinski definition) is 0. The summed E-state index contributed by atoms with van der Waals surface area (Å²) in [6.45, 7) is 1.20. The zero-order valence-electron chi connectivity index (χ0n) is 15.1. The molecule has 0 aliphatic carbocycles. The quantitative estimate of drug-likeness (QED) is 0.410. The molecule has 0 saturated carbocycles. The SMILES string of the molecule is CCS(=O)(=O)N(Cc1ncc(-c2nnc(C(F)F)o2)s1)c1nc2cc(F)ccc2o1. The molecule has 0 aliphatic rings. The molecule has 0 saturated heterocycles. The number of alkyl halides is 2. The van der Waals surface area contributed by atoms with Crippen LogP contribution >= 0.6 is 11.3 Å². The topological polar surface area (TPSA) is 115 Å². The minimum Gasteiger partial charge on any atom is -0.423 e. The molecule has 0 atom stereocenters. The summed E-state index contributed by atoms with van der Waals surface area (Å²) in [5.74, 6) is -1.77. The lowest BCUT2D eigenvalue weighted by atomic mass is 10.3. The maximum Gasteiger partial charge on any atom is 0.314 e. The van der Waals surface area contributed by atoms with E-state index in [-0.39, 0.29) is 40.2 Å². The first-order valence-corrected chi connectivity index (χ1v) is 10.8. The Morgan fingerprint density at radius 2 is 2.03 bits per heavy atom. The molecule has 0 amide bonds. The van der Waals surface area contributed by atoms with Crippen molar-refractivity contribution in [2.45, 2.75) is 19.9 Å². The molecule has 0 N–H and O–H groups in total. The van der Waals surface area contributed by atoms with Crippen LogP contribution in [0, 0.1) is 5.82 Å². The second-order valence-electron chi connectivity index (χ2n) is 5.88. The van der Waals surface area contributed by atoms with Gasteiger partial charge in [-0.15, -0.1) is 21.5 Å². The van der Waals surface area contributed by atoms with Crippen molar-refractivity contribution in [3.8, 4) is 10.8 Å². The minimum atomic E-state index is -3.83. The molecule has 0 unspecified atom stereocenters. The Kier molecular flexibility index (Phi) is 5.19. The summed E-state index contributed by atoms with van der Waals surface area (Å²) in [6, 6.07) is 3.39. The van der Waals surface area contributed by atoms with Gasteiger partial charge in [0.2, 0.25) is 10.0 Å². The highest BCUT2D eigenvalue weighted by atomic mass is 32.2. The van der Waals surface area contributed by atoms with Gasteiger partial charge < -0.3 is 8.83 Å². The Labute approximate surface area is 171 Å². The van der Waals surface area contributed by atoms with Gasteiger partial charge in [-0.2, -0.15) is 13.8 Å². The van der Waals surface area contributed by atoms with Crippen LogP contribution in [0.4, 0.5) is 19.2 Å². The third kappa shape index (κ3) is 3.87. The van der Waals surface area contributed by atoms with Crippen LogP contribution in [0.5, 0.6) is 0 Å². The van der Waals surface area contributed by atoms with Crippen LogP contribution in [0.25, 0.3) is 21.9 Å². The van der Waals surface area contributed by atoms with Gasteiger partial charge in [-0.25, -0.2) is 22.1 Å². The molecule has 3 heterocycles. The van der Waals surface area contributed by atoms with Gasteiger partial charge in [0.15, 0.2) is 5.58 Å². The number of benzene rings is 1. The molecule has 0 spiro atoms. The molecule has 4 aromatic rings. The molecule has 0 radical (unpaired) electrons. The lowest BCUT2D eigenvalue weighted by Gasteiger charge is -2.18. The highest BCUT2D eigenvalue weighted by Crippen LogP contribution is 2.31. The van der Waals surface area contributed by atoms with Crippen LogP contribution in [0.15, 0.2) is 33.2 Å². The summed E-state index contributed by atoms with van der Waals surface area (Å²) in [6.07, 6.45) is -1.60. The number of aromatic nitrogens is 4. The molecule has 3 aromatic heterocycles. The van der Waals surface area contributed by atoms with E-state index < -0.39 is 28.2 Å². The van der Waals surface area contributed by atoms with E-state index in [4.69, 9.17) is 8.83 Å². The Hall–Kier alpha value is -3.00. The summed E-state index contributed by atoms with van der Waals surface area (Å²) >= 11 is 0.982. The fourth-order valence-corrected chi connectivity index (χ4v) is 4.32. The first-order valence-electron chi connectivity index (χ1n) is 8.40. The summed E-state index contributed by atoms with van der Waals surface area (Å²) in [4.78, 5) is 8.45. The molecular formula is C16H12F3N5O4S2. The number of nitrogens with zero attached hydrogens (tertiary/aromatic N) is 5. The Morgan fingerprint density at radius 3 is 2.73 bits per heavy atom. The van der Waals surface area contributed by atoms with Gasteiger partial charge in [-0.3, -0.25) is 0 Å². The van der Waals surface area contributed by atoms with Crippen LogP contribution in [0.1, 0.15) is 24.2 Å². The smallest absolute Gasteiger partial charge is 0.314 e. The van der Waals surface area contributed by atoms with Crippen molar-refractivity contribution >= 4 is 38.5 Å². The van der Waals surface area contributed by atoms with Crippen LogP contribution in [0.3, 0.4) is 0 Å². The molecule has 0 fully saturated rings. The minimum absolute atomic E-state index is 0.156. The summed E-state index contributed by atoms with van der Waals surface area (Å²) in [5, 5.41) is 7.08. The molecule has 9 nitrogen and oxygen atoms in total. The first-order chi connectivity index (χ1) is 14.3. The van der Waals surface area contributed by atoms with E-state index in [2.05, 4.69) is 20.2 Å². The van der Waals surface area contributed by atoms with Crippen molar-refractivity contribution in [3.05, 3.63) is 41.1 Å². The maximum absolute atomic E-state index is 13.4. The maximum atomic E-state index is 13.4. The van der Waals surface area contributed by atoms with E-state index in [1.54, 1.807) is 0 Å². The van der Waals surface area contributed by atoms with E-state index in [1.165, 1.54) is 25.3 Å². The lowest BCUT2D eigenvalue weighted by Crippen LogP contribution is -2.32. The van der Waals surface area contributed by atoms with Gasteiger partial charge in [0, 0.05) is 6.07 Å². The molecule has 4 rings (SSSR count). The fraction of sp³-hybridized carbons (Fsp3) is 0.250. The van der Waals surface area contributed by atoms with E-state index in [0.717, 1.165) is 21.7 Å². The molecule has 14 heteroatoms. The summed E-state index contributed by atoms with van der Waals surface area (Å²) in [7, 11) is -3.83. The summed E-state index contributed by atoms with van der Waals surface area (Å²) < 4.78 is 75.1. The predicted octanol–water partition coefficient (Wildman–Crippen LogP) is 3.77. The van der Waals surface area contributed by atoms with Crippen LogP contribution in [-0.2, 0) is 16.6 Å². The van der Waals surface area contributed by atoms with E-state index in [1.807, 2.05) is 0 Å². The average molecular weight is 459 g/mol. The van der Waals surface area contributed by atoms with Crippen molar-refractivity contribution in [1.82, 2.24) is 20.2 Å². The summed E-state index contributed by atoms with van der Waals surface area (Å²) in [5.41, 5.74) is 0.374. The monoisotopic (exact) mass is 459 g/mol. The highest BCUT2D eigenvalue weighted by molar-refractivity contribution is 7.92. The van der Waals surface area contributed by atoms with Gasteiger partial charge in [0.05, 0.1) is 18.5 Å². The second-order valence-corrected chi connectivity index (χ2v) is 9.18. The highest BCUT2D eigenvalue weighted by Gasteiger charge is 2.28. The van der Waals surface area contributed by atoms with Crippen molar-refractivity contribution in [2.75, 3.05) is 10.1 Å². The number of rotatable bonds is 7. The van der Waals surface area contributed by atoms with Gasteiger partial charge >= 0.3 is 12.4 Å². The normalized spacial score (nSPS) is 12.2. The molecular weight excluding hydrogens is 447 g/mol. The van der Waals surface area contributed by atoms with Gasteiger partial charge in [-0.1, -0.05) is 0 Å². The molecule has 158 valence electrons. The number of oxazole rings is 1. The number of sulfonamides is 1. The van der Waals surface area contributed by atoms with E-state index in [9.17, 15) is 21.6 Å². The number of halogens is 3. The van der Waals surface area contributed by atoms with Crippen molar-refractivity contribution < 1.29 is 30.4 Å². The van der Waals surface area contributed by atoms with Gasteiger partial charge in [0.25, 0.3) is 11.8 Å². The van der Waals surface area contributed by atoms with Crippen LogP contribution in [0.2, 0.25) is 0 Å². The number of thiazole rings is 1. The van der Waals surface area contributed by atoms with Gasteiger partial charge in [-0.05, 0) is 19.1 Å². The molecule has 1 aromatic carbocycles. The second kappa shape index (κ2) is 7.68. The van der Waals surface area contributed by atoms with E-state index >= 15 is 0 Å². The fourth-order valence-electron chi connectivity index (χ4n) is 2.46. The first kappa shape index (κ1) is 20.3. The van der Waals surface area contributed by atoms with Crippen LogP contribution < -0.4 is 4.31 Å². The zero-order valence-corrected chi connectivity index (χ0v) is 16.8. The predicted molar refractivity (Wildman–Crippen MR) is 100.0 cm³/mol. The van der Waals surface area contributed by atoms with Crippen molar-refractivity contribution in [3.63, 3.8) is 0 Å².